The first-order valence-electron chi connectivity index (χ1n) is 9.34. The average molecular weight is 391 g/mol. The second-order valence-corrected chi connectivity index (χ2v) is 8.58. The minimum Gasteiger partial charge on any atom is -0.368 e. The number of amides is 2. The number of benzene rings is 1. The fourth-order valence-electron chi connectivity index (χ4n) is 2.82. The van der Waals surface area contributed by atoms with Crippen LogP contribution in [0.4, 0.5) is 11.4 Å². The van der Waals surface area contributed by atoms with Crippen molar-refractivity contribution in [1.29, 1.82) is 0 Å². The third kappa shape index (κ3) is 5.92. The van der Waals surface area contributed by atoms with Crippen LogP contribution in [0.1, 0.15) is 34.6 Å². The Morgan fingerprint density at radius 3 is 2.07 bits per heavy atom. The molecule has 1 heterocycles. The van der Waals surface area contributed by atoms with Crippen LogP contribution in [0.5, 0.6) is 0 Å². The molecule has 0 atom stereocenters. The van der Waals surface area contributed by atoms with E-state index in [0.29, 0.717) is 5.11 Å². The molecule has 7 heteroatoms. The van der Waals surface area contributed by atoms with E-state index in [2.05, 4.69) is 15.5 Å². The van der Waals surface area contributed by atoms with Gasteiger partial charge in [0.15, 0.2) is 5.11 Å². The summed E-state index contributed by atoms with van der Waals surface area (Å²) in [5.41, 5.74) is 1.61. The molecule has 6 nitrogen and oxygen atoms in total. The number of nitrogens with zero attached hydrogens (tertiary/aromatic N) is 2. The molecule has 0 unspecified atom stereocenters. The summed E-state index contributed by atoms with van der Waals surface area (Å²) in [7, 11) is 0. The molecule has 0 radical (unpaired) electrons. The van der Waals surface area contributed by atoms with Crippen LogP contribution in [-0.4, -0.2) is 48.0 Å². The van der Waals surface area contributed by atoms with E-state index in [1.165, 1.54) is 0 Å². The van der Waals surface area contributed by atoms with Crippen LogP contribution in [0.15, 0.2) is 24.3 Å². The van der Waals surface area contributed by atoms with Crippen LogP contribution in [0, 0.1) is 11.3 Å². The Balaban J connectivity index is 1.88. The maximum absolute atomic E-state index is 12.4. The number of piperazine rings is 1. The van der Waals surface area contributed by atoms with Crippen molar-refractivity contribution in [3.05, 3.63) is 24.3 Å². The van der Waals surface area contributed by atoms with Gasteiger partial charge in [-0.3, -0.25) is 9.59 Å². The lowest BCUT2D eigenvalue weighted by Crippen LogP contribution is -2.51. The van der Waals surface area contributed by atoms with E-state index in [-0.39, 0.29) is 23.1 Å². The van der Waals surface area contributed by atoms with Gasteiger partial charge in [-0.2, -0.15) is 0 Å². The highest BCUT2D eigenvalue weighted by Crippen LogP contribution is 2.22. The predicted octanol–water partition coefficient (Wildman–Crippen LogP) is 2.85. The zero-order valence-corrected chi connectivity index (χ0v) is 17.7. The molecular weight excluding hydrogens is 360 g/mol. The molecule has 1 aromatic rings. The van der Waals surface area contributed by atoms with Gasteiger partial charge < -0.3 is 20.4 Å². The summed E-state index contributed by atoms with van der Waals surface area (Å²) < 4.78 is 0. The van der Waals surface area contributed by atoms with Crippen molar-refractivity contribution in [3.8, 4) is 0 Å². The molecule has 0 aliphatic carbocycles. The van der Waals surface area contributed by atoms with Crippen molar-refractivity contribution >= 4 is 40.5 Å². The first kappa shape index (κ1) is 21.2. The van der Waals surface area contributed by atoms with Gasteiger partial charge >= 0.3 is 0 Å². The molecule has 2 amide bonds. The van der Waals surface area contributed by atoms with Crippen LogP contribution in [0.25, 0.3) is 0 Å². The van der Waals surface area contributed by atoms with Crippen LogP contribution in [-0.2, 0) is 9.59 Å². The Hall–Kier alpha value is -2.15. The second kappa shape index (κ2) is 8.69. The molecule has 2 N–H and O–H groups in total. The standard InChI is InChI=1S/C20H30N4O2S/c1-14(2)17(25)22-19(27)21-15-6-8-16(9-7-15)23-10-12-24(13-11-23)18(26)20(3,4)5/h6-9,14H,10-13H2,1-5H3,(H2,21,22,25,27). The van der Waals surface area contributed by atoms with Crippen molar-refractivity contribution in [2.75, 3.05) is 36.4 Å². The van der Waals surface area contributed by atoms with E-state index in [4.69, 9.17) is 12.2 Å². The van der Waals surface area contributed by atoms with Crippen LogP contribution in [0.3, 0.4) is 0 Å². The third-order valence-corrected chi connectivity index (χ3v) is 4.66. The lowest BCUT2D eigenvalue weighted by atomic mass is 9.94. The maximum Gasteiger partial charge on any atom is 0.228 e. The van der Waals surface area contributed by atoms with Crippen molar-refractivity contribution in [3.63, 3.8) is 0 Å². The van der Waals surface area contributed by atoms with Crippen LogP contribution < -0.4 is 15.5 Å². The summed E-state index contributed by atoms with van der Waals surface area (Å²) in [6, 6.07) is 7.93. The number of nitrogens with one attached hydrogen (secondary N) is 2. The van der Waals surface area contributed by atoms with Crippen molar-refractivity contribution in [1.82, 2.24) is 10.2 Å². The Labute approximate surface area is 167 Å². The molecule has 2 rings (SSSR count). The van der Waals surface area contributed by atoms with Gasteiger partial charge in [0, 0.05) is 48.9 Å². The van der Waals surface area contributed by atoms with Crippen molar-refractivity contribution < 1.29 is 9.59 Å². The predicted molar refractivity (Wildman–Crippen MR) is 114 cm³/mol. The van der Waals surface area contributed by atoms with Gasteiger partial charge in [0.25, 0.3) is 0 Å². The maximum atomic E-state index is 12.4. The van der Waals surface area contributed by atoms with E-state index in [9.17, 15) is 9.59 Å². The van der Waals surface area contributed by atoms with Crippen molar-refractivity contribution in [2.24, 2.45) is 11.3 Å². The SMILES string of the molecule is CC(C)C(=O)NC(=S)Nc1ccc(N2CCN(C(=O)C(C)(C)C)CC2)cc1. The molecule has 27 heavy (non-hydrogen) atoms. The quantitative estimate of drug-likeness (QED) is 0.777. The highest BCUT2D eigenvalue weighted by Gasteiger charge is 2.29. The summed E-state index contributed by atoms with van der Waals surface area (Å²) in [4.78, 5) is 28.3. The van der Waals surface area contributed by atoms with Gasteiger partial charge in [0.2, 0.25) is 11.8 Å². The number of hydrogen-bond acceptors (Lipinski definition) is 4. The van der Waals surface area contributed by atoms with Gasteiger partial charge in [0.05, 0.1) is 0 Å². The van der Waals surface area contributed by atoms with E-state index in [0.717, 1.165) is 37.6 Å². The Morgan fingerprint density at radius 1 is 1.04 bits per heavy atom. The zero-order chi connectivity index (χ0) is 20.2. The van der Waals surface area contributed by atoms with Gasteiger partial charge in [-0.25, -0.2) is 0 Å². The number of rotatable bonds is 3. The van der Waals surface area contributed by atoms with E-state index in [1.807, 2.05) is 63.8 Å². The summed E-state index contributed by atoms with van der Waals surface area (Å²) in [5.74, 6) is -0.0126. The molecule has 0 saturated carbocycles. The number of carbonyl (C=O) groups is 2. The first-order valence-corrected chi connectivity index (χ1v) is 9.75. The molecule has 1 aliphatic heterocycles. The van der Waals surface area contributed by atoms with Crippen LogP contribution in [0.2, 0.25) is 0 Å². The highest BCUT2D eigenvalue weighted by atomic mass is 32.1. The van der Waals surface area contributed by atoms with Gasteiger partial charge in [-0.1, -0.05) is 34.6 Å². The molecule has 1 aromatic carbocycles. The number of hydrogen-bond donors (Lipinski definition) is 2. The fraction of sp³-hybridized carbons (Fsp3) is 0.550. The number of thiocarbonyl (C=S) groups is 1. The van der Waals surface area contributed by atoms with E-state index in [1.54, 1.807) is 0 Å². The lowest BCUT2D eigenvalue weighted by molar-refractivity contribution is -0.139. The van der Waals surface area contributed by atoms with Gasteiger partial charge in [-0.15, -0.1) is 0 Å². The highest BCUT2D eigenvalue weighted by molar-refractivity contribution is 7.80. The summed E-state index contributed by atoms with van der Waals surface area (Å²) >= 11 is 5.17. The topological polar surface area (TPSA) is 64.7 Å². The largest absolute Gasteiger partial charge is 0.368 e. The van der Waals surface area contributed by atoms with Gasteiger partial charge in [-0.05, 0) is 36.5 Å². The van der Waals surface area contributed by atoms with Crippen LogP contribution >= 0.6 is 12.2 Å². The summed E-state index contributed by atoms with van der Waals surface area (Å²) in [6.45, 7) is 12.6. The second-order valence-electron chi connectivity index (χ2n) is 8.17. The lowest BCUT2D eigenvalue weighted by Gasteiger charge is -2.38. The zero-order valence-electron chi connectivity index (χ0n) is 16.8. The number of anilines is 2. The molecule has 0 aromatic heterocycles. The Bertz CT molecular complexity index is 687. The minimum absolute atomic E-state index is 0.105. The average Bonchev–Trinajstić information content (AvgIpc) is 2.61. The molecule has 0 bridgehead atoms. The molecule has 1 saturated heterocycles. The van der Waals surface area contributed by atoms with Crippen molar-refractivity contribution in [2.45, 2.75) is 34.6 Å². The fourth-order valence-corrected chi connectivity index (χ4v) is 3.03. The monoisotopic (exact) mass is 390 g/mol. The molecule has 1 aliphatic rings. The Kier molecular flexibility index (Phi) is 6.81. The normalized spacial score (nSPS) is 14.9. The van der Waals surface area contributed by atoms with E-state index < -0.39 is 0 Å². The Morgan fingerprint density at radius 2 is 1.59 bits per heavy atom. The molecule has 1 fully saturated rings. The van der Waals surface area contributed by atoms with E-state index >= 15 is 0 Å². The summed E-state index contributed by atoms with van der Waals surface area (Å²) in [5, 5.41) is 5.99. The number of carbonyl (C=O) groups excluding carboxylic acids is 2. The first-order chi connectivity index (χ1) is 12.6. The summed E-state index contributed by atoms with van der Waals surface area (Å²) in [6.07, 6.45) is 0. The molecule has 148 valence electrons. The smallest absolute Gasteiger partial charge is 0.228 e. The molecule has 0 spiro atoms. The molecular formula is C20H30N4O2S. The third-order valence-electron chi connectivity index (χ3n) is 4.46. The minimum atomic E-state index is -0.334. The van der Waals surface area contributed by atoms with Gasteiger partial charge in [0.1, 0.15) is 0 Å².